The molecule has 3 atom stereocenters. The van der Waals surface area contributed by atoms with E-state index in [1.54, 1.807) is 0 Å². The molecule has 0 radical (unpaired) electrons. The normalized spacial score (nSPS) is 26.2. The summed E-state index contributed by atoms with van der Waals surface area (Å²) in [7, 11) is 0. The van der Waals surface area contributed by atoms with E-state index in [0.29, 0.717) is 25.7 Å². The van der Waals surface area contributed by atoms with Gasteiger partial charge >= 0.3 is 6.18 Å². The van der Waals surface area contributed by atoms with E-state index in [9.17, 15) is 18.0 Å². The van der Waals surface area contributed by atoms with Gasteiger partial charge in [-0.25, -0.2) is 0 Å². The maximum atomic E-state index is 13.7. The second-order valence-corrected chi connectivity index (χ2v) is 7.18. The Kier molecular flexibility index (Phi) is 7.92. The summed E-state index contributed by atoms with van der Waals surface area (Å²) in [4.78, 5) is 10.9. The highest BCUT2D eigenvalue weighted by Gasteiger charge is 2.54. The lowest BCUT2D eigenvalue weighted by Gasteiger charge is -2.39. The van der Waals surface area contributed by atoms with Crippen LogP contribution in [0, 0.1) is 17.3 Å². The van der Waals surface area contributed by atoms with Crippen molar-refractivity contribution in [1.29, 1.82) is 0 Å². The first-order valence-corrected chi connectivity index (χ1v) is 8.87. The molecule has 0 spiro atoms. The van der Waals surface area contributed by atoms with Crippen molar-refractivity contribution in [2.24, 2.45) is 17.3 Å². The van der Waals surface area contributed by atoms with Crippen molar-refractivity contribution in [2.45, 2.75) is 90.7 Å². The van der Waals surface area contributed by atoms with Crippen molar-refractivity contribution >= 4 is 6.29 Å². The van der Waals surface area contributed by atoms with Crippen LogP contribution >= 0.6 is 0 Å². The highest BCUT2D eigenvalue weighted by Crippen LogP contribution is 2.52. The summed E-state index contributed by atoms with van der Waals surface area (Å²) in [5.74, 6) is -0.365. The van der Waals surface area contributed by atoms with Gasteiger partial charge in [-0.3, -0.25) is 0 Å². The Morgan fingerprint density at radius 2 is 1.68 bits per heavy atom. The molecule has 0 saturated heterocycles. The van der Waals surface area contributed by atoms with Gasteiger partial charge in [-0.1, -0.05) is 52.4 Å². The van der Waals surface area contributed by atoms with Gasteiger partial charge in [-0.05, 0) is 38.0 Å². The van der Waals surface area contributed by atoms with Crippen LogP contribution in [-0.2, 0) is 4.79 Å². The summed E-state index contributed by atoms with van der Waals surface area (Å²) in [5, 5.41) is 0. The topological polar surface area (TPSA) is 17.1 Å². The van der Waals surface area contributed by atoms with Crippen LogP contribution in [-0.4, -0.2) is 12.5 Å². The van der Waals surface area contributed by atoms with Crippen molar-refractivity contribution in [1.82, 2.24) is 0 Å². The molecular formula is C18H31F3O. The molecule has 1 nitrogen and oxygen atoms in total. The summed E-state index contributed by atoms with van der Waals surface area (Å²) in [6.07, 6.45) is 5.06. The smallest absolute Gasteiger partial charge is 0.303 e. The largest absolute Gasteiger partial charge is 0.394 e. The van der Waals surface area contributed by atoms with Crippen LogP contribution in [0.5, 0.6) is 0 Å². The molecule has 0 N–H and O–H groups in total. The third-order valence-electron chi connectivity index (χ3n) is 5.55. The summed E-state index contributed by atoms with van der Waals surface area (Å²) < 4.78 is 41.1. The van der Waals surface area contributed by atoms with E-state index in [1.165, 1.54) is 6.92 Å². The zero-order chi connectivity index (χ0) is 16.6. The number of carbonyl (C=O) groups is 1. The van der Waals surface area contributed by atoms with Crippen molar-refractivity contribution in [3.8, 4) is 0 Å². The second kappa shape index (κ2) is 8.93. The monoisotopic (exact) mass is 320 g/mol. The molecule has 0 bridgehead atoms. The summed E-state index contributed by atoms with van der Waals surface area (Å²) >= 11 is 0. The Morgan fingerprint density at radius 1 is 1.00 bits per heavy atom. The molecule has 130 valence electrons. The van der Waals surface area contributed by atoms with Gasteiger partial charge in [-0.15, -0.1) is 0 Å². The molecule has 22 heavy (non-hydrogen) atoms. The number of hydrogen-bond donors (Lipinski definition) is 0. The van der Waals surface area contributed by atoms with Crippen molar-refractivity contribution in [2.75, 3.05) is 0 Å². The predicted octanol–water partition coefficient (Wildman–Crippen LogP) is 6.31. The van der Waals surface area contributed by atoms with E-state index in [4.69, 9.17) is 0 Å². The van der Waals surface area contributed by atoms with E-state index >= 15 is 0 Å². The van der Waals surface area contributed by atoms with E-state index in [0.717, 1.165) is 44.8 Å². The lowest BCUT2D eigenvalue weighted by molar-refractivity contribution is -0.241. The Bertz CT molecular complexity index is 327. The van der Waals surface area contributed by atoms with Crippen molar-refractivity contribution in [3.05, 3.63) is 0 Å². The molecule has 4 heteroatoms. The van der Waals surface area contributed by atoms with Crippen LogP contribution in [0.3, 0.4) is 0 Å². The zero-order valence-corrected chi connectivity index (χ0v) is 14.1. The van der Waals surface area contributed by atoms with Crippen molar-refractivity contribution in [3.63, 3.8) is 0 Å². The first-order chi connectivity index (χ1) is 10.3. The quantitative estimate of drug-likeness (QED) is 0.291. The second-order valence-electron chi connectivity index (χ2n) is 7.18. The minimum absolute atomic E-state index is 0.0352. The molecule has 1 fully saturated rings. The third-order valence-corrected chi connectivity index (χ3v) is 5.55. The van der Waals surface area contributed by atoms with Gasteiger partial charge in [0.2, 0.25) is 0 Å². The Balaban J connectivity index is 2.67. The third kappa shape index (κ3) is 5.27. The van der Waals surface area contributed by atoms with Crippen LogP contribution < -0.4 is 0 Å². The average Bonchev–Trinajstić information content (AvgIpc) is 2.71. The number of halogens is 3. The lowest BCUT2D eigenvalue weighted by Crippen LogP contribution is -2.42. The average molecular weight is 320 g/mol. The molecule has 0 aromatic heterocycles. The predicted molar refractivity (Wildman–Crippen MR) is 83.7 cm³/mol. The van der Waals surface area contributed by atoms with Gasteiger partial charge in [0.1, 0.15) is 6.29 Å². The number of hydrogen-bond acceptors (Lipinski definition) is 1. The first kappa shape index (κ1) is 19.5. The van der Waals surface area contributed by atoms with Crippen LogP contribution in [0.15, 0.2) is 0 Å². The van der Waals surface area contributed by atoms with Gasteiger partial charge in [-0.2, -0.15) is 13.2 Å². The van der Waals surface area contributed by atoms with Gasteiger partial charge < -0.3 is 4.79 Å². The number of unbranched alkanes of at least 4 members (excludes halogenated alkanes) is 4. The van der Waals surface area contributed by atoms with Crippen LogP contribution in [0.1, 0.15) is 84.5 Å². The maximum absolute atomic E-state index is 13.7. The van der Waals surface area contributed by atoms with Gasteiger partial charge in [0.05, 0.1) is 5.41 Å². The lowest BCUT2D eigenvalue weighted by atomic mass is 9.69. The van der Waals surface area contributed by atoms with Crippen LogP contribution in [0.2, 0.25) is 0 Å². The number of rotatable bonds is 8. The highest BCUT2D eigenvalue weighted by molar-refractivity contribution is 5.53. The summed E-state index contributed by atoms with van der Waals surface area (Å²) in [6, 6.07) is 0. The molecule has 3 unspecified atom stereocenters. The molecule has 1 aliphatic rings. The van der Waals surface area contributed by atoms with Gasteiger partial charge in [0, 0.05) is 5.92 Å². The zero-order valence-electron chi connectivity index (χ0n) is 14.1. The first-order valence-electron chi connectivity index (χ1n) is 8.87. The minimum Gasteiger partial charge on any atom is -0.303 e. The van der Waals surface area contributed by atoms with E-state index < -0.39 is 11.6 Å². The standard InChI is InChI=1S/C18H31F3O/c1-3-4-5-6-7-13-17(2,18(19,20)21)16-10-8-9-15(14-22)11-12-16/h14-16H,3-13H2,1-2H3. The van der Waals surface area contributed by atoms with Crippen LogP contribution in [0.25, 0.3) is 0 Å². The maximum Gasteiger partial charge on any atom is 0.394 e. The number of aldehydes is 1. The SMILES string of the molecule is CCCCCCCC(C)(C1CCCC(C=O)CC1)C(F)(F)F. The Morgan fingerprint density at radius 3 is 2.27 bits per heavy atom. The summed E-state index contributed by atoms with van der Waals surface area (Å²) in [6.45, 7) is 3.52. The van der Waals surface area contributed by atoms with E-state index in [1.807, 2.05) is 0 Å². The molecule has 0 aromatic rings. The van der Waals surface area contributed by atoms with Gasteiger partial charge in [0.25, 0.3) is 0 Å². The van der Waals surface area contributed by atoms with Gasteiger partial charge in [0.15, 0.2) is 0 Å². The molecule has 0 aliphatic heterocycles. The number of alkyl halides is 3. The summed E-state index contributed by atoms with van der Waals surface area (Å²) in [5.41, 5.74) is -1.59. The van der Waals surface area contributed by atoms with E-state index in [-0.39, 0.29) is 18.3 Å². The van der Waals surface area contributed by atoms with Crippen LogP contribution in [0.4, 0.5) is 13.2 Å². The molecule has 1 aliphatic carbocycles. The highest BCUT2D eigenvalue weighted by atomic mass is 19.4. The molecular weight excluding hydrogens is 289 g/mol. The minimum atomic E-state index is -4.15. The molecule has 0 aromatic carbocycles. The molecule has 1 rings (SSSR count). The molecule has 1 saturated carbocycles. The number of carbonyl (C=O) groups excluding carboxylic acids is 1. The fourth-order valence-corrected chi connectivity index (χ4v) is 3.78. The van der Waals surface area contributed by atoms with E-state index in [2.05, 4.69) is 6.92 Å². The Hall–Kier alpha value is -0.540. The van der Waals surface area contributed by atoms with Crippen molar-refractivity contribution < 1.29 is 18.0 Å². The fraction of sp³-hybridized carbons (Fsp3) is 0.944. The molecule has 0 amide bonds. The Labute approximate surface area is 133 Å². The molecule has 0 heterocycles. The fourth-order valence-electron chi connectivity index (χ4n) is 3.78.